The number of benzene rings is 1. The number of hydrogen-bond acceptors (Lipinski definition) is 4. The molecule has 1 aromatic carbocycles. The van der Waals surface area contributed by atoms with Gasteiger partial charge in [0.25, 0.3) is 0 Å². The molecule has 0 radical (unpaired) electrons. The Morgan fingerprint density at radius 1 is 1.30 bits per heavy atom. The third-order valence-electron chi connectivity index (χ3n) is 3.07. The minimum atomic E-state index is 0.141. The van der Waals surface area contributed by atoms with E-state index in [4.69, 9.17) is 4.98 Å². The highest BCUT2D eigenvalue weighted by atomic mass is 32.2. The highest BCUT2D eigenvalue weighted by Gasteiger charge is 2.24. The first-order valence-electron chi connectivity index (χ1n) is 7.09. The van der Waals surface area contributed by atoms with Crippen LogP contribution >= 0.6 is 23.3 Å². The Bertz CT molecular complexity index is 582. The van der Waals surface area contributed by atoms with Gasteiger partial charge in [0.05, 0.1) is 10.2 Å². The van der Waals surface area contributed by atoms with Gasteiger partial charge in [0.15, 0.2) is 4.34 Å². The van der Waals surface area contributed by atoms with Crippen molar-refractivity contribution in [3.63, 3.8) is 0 Å². The van der Waals surface area contributed by atoms with Crippen molar-refractivity contribution < 1.29 is 0 Å². The SMILES string of the molecule is Cc1cccc2sc(SN(CC(C)C)C(C)(C)C)nc12. The molecular formula is C16H24N2S2. The first-order valence-corrected chi connectivity index (χ1v) is 8.68. The van der Waals surface area contributed by atoms with Crippen molar-refractivity contribution in [3.8, 4) is 0 Å². The van der Waals surface area contributed by atoms with Crippen molar-refractivity contribution in [2.75, 3.05) is 6.54 Å². The summed E-state index contributed by atoms with van der Waals surface area (Å²) in [6, 6.07) is 6.40. The van der Waals surface area contributed by atoms with E-state index in [1.165, 1.54) is 10.3 Å². The topological polar surface area (TPSA) is 16.1 Å². The van der Waals surface area contributed by atoms with Gasteiger partial charge in [-0.3, -0.25) is 0 Å². The van der Waals surface area contributed by atoms with E-state index in [0.29, 0.717) is 5.92 Å². The fourth-order valence-electron chi connectivity index (χ4n) is 1.98. The number of para-hydroxylation sites is 1. The summed E-state index contributed by atoms with van der Waals surface area (Å²) in [5, 5.41) is 0. The second-order valence-electron chi connectivity index (χ2n) is 6.62. The van der Waals surface area contributed by atoms with Crippen molar-refractivity contribution in [3.05, 3.63) is 23.8 Å². The number of rotatable bonds is 4. The lowest BCUT2D eigenvalue weighted by molar-refractivity contribution is 0.249. The number of aryl methyl sites for hydroxylation is 1. The Morgan fingerprint density at radius 2 is 2.00 bits per heavy atom. The van der Waals surface area contributed by atoms with Crippen LogP contribution in [0.2, 0.25) is 0 Å². The molecule has 2 aromatic rings. The second kappa shape index (κ2) is 6.04. The molecule has 0 saturated carbocycles. The first-order chi connectivity index (χ1) is 9.27. The maximum atomic E-state index is 4.81. The second-order valence-corrected chi connectivity index (χ2v) is 8.92. The monoisotopic (exact) mass is 308 g/mol. The van der Waals surface area contributed by atoms with Crippen molar-refractivity contribution in [1.29, 1.82) is 0 Å². The average Bonchev–Trinajstić information content (AvgIpc) is 2.70. The van der Waals surface area contributed by atoms with Crippen LogP contribution in [-0.2, 0) is 0 Å². The molecule has 0 amide bonds. The van der Waals surface area contributed by atoms with Crippen molar-refractivity contribution in [2.45, 2.75) is 51.4 Å². The highest BCUT2D eigenvalue weighted by molar-refractivity contribution is 7.99. The molecule has 0 atom stereocenters. The largest absolute Gasteiger partial charge is 0.239 e. The molecule has 0 aliphatic rings. The van der Waals surface area contributed by atoms with Crippen LogP contribution < -0.4 is 0 Å². The third-order valence-corrected chi connectivity index (χ3v) is 5.52. The fourth-order valence-corrected chi connectivity index (χ4v) is 4.41. The molecule has 110 valence electrons. The van der Waals surface area contributed by atoms with Gasteiger partial charge in [-0.05, 0) is 57.2 Å². The van der Waals surface area contributed by atoms with E-state index >= 15 is 0 Å². The summed E-state index contributed by atoms with van der Waals surface area (Å²) in [5.41, 5.74) is 2.55. The van der Waals surface area contributed by atoms with Gasteiger partial charge in [0.2, 0.25) is 0 Å². The van der Waals surface area contributed by atoms with Gasteiger partial charge in [-0.15, -0.1) is 11.3 Å². The van der Waals surface area contributed by atoms with Crippen molar-refractivity contribution in [2.24, 2.45) is 5.92 Å². The Morgan fingerprint density at radius 3 is 2.55 bits per heavy atom. The van der Waals surface area contributed by atoms with Crippen LogP contribution in [0.5, 0.6) is 0 Å². The van der Waals surface area contributed by atoms with Gasteiger partial charge in [0, 0.05) is 12.1 Å². The zero-order valence-corrected chi connectivity index (χ0v) is 14.9. The van der Waals surface area contributed by atoms with Crippen LogP contribution in [-0.4, -0.2) is 21.4 Å². The fraction of sp³-hybridized carbons (Fsp3) is 0.562. The lowest BCUT2D eigenvalue weighted by Gasteiger charge is -2.34. The highest BCUT2D eigenvalue weighted by Crippen LogP contribution is 2.36. The van der Waals surface area contributed by atoms with Gasteiger partial charge >= 0.3 is 0 Å². The maximum Gasteiger partial charge on any atom is 0.166 e. The molecule has 0 aliphatic heterocycles. The predicted molar refractivity (Wildman–Crippen MR) is 91.5 cm³/mol. The van der Waals surface area contributed by atoms with Crippen LogP contribution in [0.15, 0.2) is 22.5 Å². The summed E-state index contributed by atoms with van der Waals surface area (Å²) in [6.07, 6.45) is 0. The number of fused-ring (bicyclic) bond motifs is 1. The zero-order chi connectivity index (χ0) is 14.9. The van der Waals surface area contributed by atoms with E-state index in [1.807, 2.05) is 0 Å². The lowest BCUT2D eigenvalue weighted by Crippen LogP contribution is -2.38. The lowest BCUT2D eigenvalue weighted by atomic mass is 10.1. The molecule has 2 nitrogen and oxygen atoms in total. The number of nitrogens with zero attached hydrogens (tertiary/aromatic N) is 2. The summed E-state index contributed by atoms with van der Waals surface area (Å²) in [5.74, 6) is 0.651. The maximum absolute atomic E-state index is 4.81. The molecule has 0 unspecified atom stereocenters. The number of aromatic nitrogens is 1. The van der Waals surface area contributed by atoms with Crippen LogP contribution in [0.25, 0.3) is 10.2 Å². The predicted octanol–water partition coefficient (Wildman–Crippen LogP) is 5.37. The van der Waals surface area contributed by atoms with Gasteiger partial charge in [0.1, 0.15) is 0 Å². The van der Waals surface area contributed by atoms with Gasteiger partial charge < -0.3 is 0 Å². The smallest absolute Gasteiger partial charge is 0.166 e. The standard InChI is InChI=1S/C16H24N2S2/c1-11(2)10-18(16(4,5)6)20-15-17-14-12(3)8-7-9-13(14)19-15/h7-9,11H,10H2,1-6H3. The summed E-state index contributed by atoms with van der Waals surface area (Å²) in [4.78, 5) is 4.81. The van der Waals surface area contributed by atoms with Crippen molar-refractivity contribution >= 4 is 33.5 Å². The van der Waals surface area contributed by atoms with Crippen LogP contribution in [0.4, 0.5) is 0 Å². The summed E-state index contributed by atoms with van der Waals surface area (Å²) in [6.45, 7) is 14.5. The Labute approximate surface area is 130 Å². The van der Waals surface area contributed by atoms with E-state index in [1.54, 1.807) is 23.3 Å². The van der Waals surface area contributed by atoms with Gasteiger partial charge in [-0.1, -0.05) is 26.0 Å². The molecule has 0 bridgehead atoms. The van der Waals surface area contributed by atoms with Crippen LogP contribution in [0.1, 0.15) is 40.2 Å². The number of hydrogen-bond donors (Lipinski definition) is 0. The zero-order valence-electron chi connectivity index (χ0n) is 13.2. The molecule has 0 aliphatic carbocycles. The normalized spacial score (nSPS) is 12.8. The summed E-state index contributed by atoms with van der Waals surface area (Å²) < 4.78 is 4.88. The van der Waals surface area contributed by atoms with E-state index in [9.17, 15) is 0 Å². The molecule has 1 aromatic heterocycles. The molecule has 0 saturated heterocycles. The van der Waals surface area contributed by atoms with Crippen molar-refractivity contribution in [1.82, 2.24) is 9.29 Å². The Balaban J connectivity index is 2.26. The van der Waals surface area contributed by atoms with E-state index in [2.05, 4.69) is 64.0 Å². The Kier molecular flexibility index (Phi) is 4.77. The molecule has 4 heteroatoms. The first kappa shape index (κ1) is 15.8. The van der Waals surface area contributed by atoms with E-state index in [0.717, 1.165) is 16.4 Å². The molecular weight excluding hydrogens is 284 g/mol. The third kappa shape index (κ3) is 3.74. The number of thiazole rings is 1. The molecule has 0 spiro atoms. The van der Waals surface area contributed by atoms with Crippen LogP contribution in [0, 0.1) is 12.8 Å². The van der Waals surface area contributed by atoms with Gasteiger partial charge in [-0.25, -0.2) is 9.29 Å². The van der Waals surface area contributed by atoms with E-state index in [-0.39, 0.29) is 5.54 Å². The van der Waals surface area contributed by atoms with E-state index < -0.39 is 0 Å². The minimum absolute atomic E-state index is 0.141. The molecule has 0 fully saturated rings. The quantitative estimate of drug-likeness (QED) is 0.707. The molecule has 20 heavy (non-hydrogen) atoms. The van der Waals surface area contributed by atoms with Crippen LogP contribution in [0.3, 0.4) is 0 Å². The molecule has 1 heterocycles. The summed E-state index contributed by atoms with van der Waals surface area (Å²) in [7, 11) is 0. The minimum Gasteiger partial charge on any atom is -0.239 e. The van der Waals surface area contributed by atoms with Gasteiger partial charge in [-0.2, -0.15) is 0 Å². The molecule has 0 N–H and O–H groups in total. The molecule has 2 rings (SSSR count). The Hall–Kier alpha value is -0.580. The summed E-state index contributed by atoms with van der Waals surface area (Å²) >= 11 is 3.59. The average molecular weight is 309 g/mol.